The highest BCUT2D eigenvalue weighted by atomic mass is 32.2. The van der Waals surface area contributed by atoms with E-state index in [1.807, 2.05) is 17.8 Å². The van der Waals surface area contributed by atoms with E-state index in [1.54, 1.807) is 0 Å². The van der Waals surface area contributed by atoms with Gasteiger partial charge < -0.3 is 19.4 Å². The lowest BCUT2D eigenvalue weighted by atomic mass is 10.1. The molecule has 148 valence electrons. The number of likely N-dealkylation sites (tertiary alicyclic amines) is 1. The van der Waals surface area contributed by atoms with Crippen LogP contribution in [0.3, 0.4) is 0 Å². The molecule has 7 heteroatoms. The van der Waals surface area contributed by atoms with Crippen LogP contribution in [-0.2, 0) is 11.2 Å². The van der Waals surface area contributed by atoms with Gasteiger partial charge in [-0.25, -0.2) is 0 Å². The molecule has 0 aliphatic carbocycles. The third-order valence-corrected chi connectivity index (χ3v) is 6.48. The number of rotatable bonds is 7. The van der Waals surface area contributed by atoms with Crippen molar-refractivity contribution < 1.29 is 18.3 Å². The average molecular weight is 397 g/mol. The Hall–Kier alpha value is -1.31. The normalized spacial score (nSPS) is 22.1. The number of aromatic nitrogens is 1. The SMILES string of the molecule is FC(F)O[C@H]1CCN(CCc2c[nH]c3ccc(OC4CCSCC4)cc23)C1. The van der Waals surface area contributed by atoms with Crippen molar-refractivity contribution in [3.63, 3.8) is 0 Å². The lowest BCUT2D eigenvalue weighted by Crippen LogP contribution is -2.26. The summed E-state index contributed by atoms with van der Waals surface area (Å²) in [4.78, 5) is 5.53. The van der Waals surface area contributed by atoms with Crippen molar-refractivity contribution in [2.24, 2.45) is 0 Å². The summed E-state index contributed by atoms with van der Waals surface area (Å²) < 4.78 is 35.5. The fourth-order valence-corrected chi connectivity index (χ4v) is 5.02. The van der Waals surface area contributed by atoms with E-state index < -0.39 is 6.61 Å². The molecule has 2 aliphatic rings. The largest absolute Gasteiger partial charge is 0.490 e. The van der Waals surface area contributed by atoms with Crippen LogP contribution in [0.5, 0.6) is 5.75 Å². The predicted octanol–water partition coefficient (Wildman–Crippen LogP) is 4.30. The van der Waals surface area contributed by atoms with Gasteiger partial charge in [0.05, 0.1) is 6.10 Å². The van der Waals surface area contributed by atoms with Crippen molar-refractivity contribution in [2.75, 3.05) is 31.1 Å². The van der Waals surface area contributed by atoms with Gasteiger partial charge in [-0.15, -0.1) is 0 Å². The van der Waals surface area contributed by atoms with Gasteiger partial charge in [0.25, 0.3) is 0 Å². The summed E-state index contributed by atoms with van der Waals surface area (Å²) in [5, 5.41) is 1.19. The quantitative estimate of drug-likeness (QED) is 0.757. The minimum Gasteiger partial charge on any atom is -0.490 e. The second-order valence-corrected chi connectivity index (χ2v) is 8.53. The highest BCUT2D eigenvalue weighted by Crippen LogP contribution is 2.28. The third kappa shape index (κ3) is 4.95. The molecule has 2 fully saturated rings. The molecule has 0 unspecified atom stereocenters. The minimum absolute atomic E-state index is 0.322. The first-order chi connectivity index (χ1) is 13.2. The molecule has 1 atom stereocenters. The van der Waals surface area contributed by atoms with Crippen LogP contribution in [0.2, 0.25) is 0 Å². The van der Waals surface area contributed by atoms with Gasteiger partial charge in [0.15, 0.2) is 0 Å². The van der Waals surface area contributed by atoms with E-state index in [0.717, 1.165) is 43.6 Å². The zero-order valence-corrected chi connectivity index (χ0v) is 16.1. The van der Waals surface area contributed by atoms with E-state index in [0.29, 0.717) is 19.1 Å². The maximum absolute atomic E-state index is 12.3. The molecule has 2 aromatic rings. The van der Waals surface area contributed by atoms with Crippen LogP contribution in [0, 0.1) is 0 Å². The Balaban J connectivity index is 1.36. The summed E-state index contributed by atoms with van der Waals surface area (Å²) >= 11 is 2.00. The number of thioether (sulfide) groups is 1. The molecule has 0 bridgehead atoms. The monoisotopic (exact) mass is 396 g/mol. The lowest BCUT2D eigenvalue weighted by Gasteiger charge is -2.22. The van der Waals surface area contributed by atoms with E-state index in [2.05, 4.69) is 33.0 Å². The Morgan fingerprint density at radius 3 is 2.85 bits per heavy atom. The van der Waals surface area contributed by atoms with E-state index in [9.17, 15) is 8.78 Å². The van der Waals surface area contributed by atoms with Crippen molar-refractivity contribution in [3.05, 3.63) is 30.0 Å². The van der Waals surface area contributed by atoms with Gasteiger partial charge in [-0.05, 0) is 61.0 Å². The van der Waals surface area contributed by atoms with Crippen molar-refractivity contribution >= 4 is 22.7 Å². The van der Waals surface area contributed by atoms with Crippen molar-refractivity contribution in [3.8, 4) is 5.75 Å². The van der Waals surface area contributed by atoms with Gasteiger partial charge in [0.1, 0.15) is 11.9 Å². The highest BCUT2D eigenvalue weighted by Gasteiger charge is 2.25. The maximum Gasteiger partial charge on any atom is 0.345 e. The molecule has 4 rings (SSSR count). The number of benzene rings is 1. The van der Waals surface area contributed by atoms with E-state index >= 15 is 0 Å². The van der Waals surface area contributed by atoms with Crippen LogP contribution in [0.4, 0.5) is 8.78 Å². The number of nitrogens with zero attached hydrogens (tertiary/aromatic N) is 1. The Morgan fingerprint density at radius 1 is 1.19 bits per heavy atom. The summed E-state index contributed by atoms with van der Waals surface area (Å²) in [7, 11) is 0. The number of nitrogens with one attached hydrogen (secondary N) is 1. The van der Waals surface area contributed by atoms with E-state index in [-0.39, 0.29) is 6.10 Å². The molecule has 1 aromatic heterocycles. The molecule has 0 radical (unpaired) electrons. The second-order valence-electron chi connectivity index (χ2n) is 7.31. The summed E-state index contributed by atoms with van der Waals surface area (Å²) in [5.74, 6) is 3.29. The van der Waals surface area contributed by atoms with Crippen molar-refractivity contribution in [1.29, 1.82) is 0 Å². The Labute approximate surface area is 162 Å². The molecule has 3 heterocycles. The molecular weight excluding hydrogens is 370 g/mol. The topological polar surface area (TPSA) is 37.5 Å². The van der Waals surface area contributed by atoms with Crippen LogP contribution >= 0.6 is 11.8 Å². The number of ether oxygens (including phenoxy) is 2. The second kappa shape index (κ2) is 8.80. The minimum atomic E-state index is -2.68. The first-order valence-electron chi connectivity index (χ1n) is 9.68. The first kappa shape index (κ1) is 19.0. The molecule has 0 amide bonds. The number of H-pyrrole nitrogens is 1. The molecular formula is C20H26F2N2O2S. The van der Waals surface area contributed by atoms with Crippen LogP contribution in [0.25, 0.3) is 10.9 Å². The van der Waals surface area contributed by atoms with Crippen LogP contribution < -0.4 is 4.74 Å². The van der Waals surface area contributed by atoms with E-state index in [4.69, 9.17) is 4.74 Å². The summed E-state index contributed by atoms with van der Waals surface area (Å²) in [6.07, 6.45) is 5.80. The number of alkyl halides is 2. The molecule has 0 saturated carbocycles. The summed E-state index contributed by atoms with van der Waals surface area (Å²) in [6.45, 7) is -0.431. The zero-order valence-electron chi connectivity index (χ0n) is 15.3. The lowest BCUT2D eigenvalue weighted by molar-refractivity contribution is -0.158. The van der Waals surface area contributed by atoms with Crippen molar-refractivity contribution in [2.45, 2.75) is 44.5 Å². The zero-order chi connectivity index (χ0) is 18.6. The Kier molecular flexibility index (Phi) is 6.20. The van der Waals surface area contributed by atoms with Crippen molar-refractivity contribution in [1.82, 2.24) is 9.88 Å². The fraction of sp³-hybridized carbons (Fsp3) is 0.600. The Morgan fingerprint density at radius 2 is 2.04 bits per heavy atom. The highest BCUT2D eigenvalue weighted by molar-refractivity contribution is 7.99. The molecule has 0 spiro atoms. The van der Waals surface area contributed by atoms with Gasteiger partial charge in [-0.3, -0.25) is 0 Å². The smallest absolute Gasteiger partial charge is 0.345 e. The molecule has 4 nitrogen and oxygen atoms in total. The number of fused-ring (bicyclic) bond motifs is 1. The average Bonchev–Trinajstić information content (AvgIpc) is 3.27. The van der Waals surface area contributed by atoms with Crippen LogP contribution in [-0.4, -0.2) is 59.8 Å². The van der Waals surface area contributed by atoms with Gasteiger partial charge in [0.2, 0.25) is 0 Å². The molecule has 1 aromatic carbocycles. The Bertz CT molecular complexity index is 749. The number of hydrogen-bond donors (Lipinski definition) is 1. The fourth-order valence-electron chi connectivity index (χ4n) is 3.96. The van der Waals surface area contributed by atoms with Crippen LogP contribution in [0.1, 0.15) is 24.8 Å². The third-order valence-electron chi connectivity index (χ3n) is 5.43. The summed E-state index contributed by atoms with van der Waals surface area (Å²) in [6, 6.07) is 6.25. The van der Waals surface area contributed by atoms with Crippen LogP contribution in [0.15, 0.2) is 24.4 Å². The molecule has 2 aliphatic heterocycles. The van der Waals surface area contributed by atoms with Gasteiger partial charge in [-0.1, -0.05) is 0 Å². The molecule has 2 saturated heterocycles. The molecule has 27 heavy (non-hydrogen) atoms. The van der Waals surface area contributed by atoms with E-state index in [1.165, 1.54) is 22.5 Å². The number of halogens is 2. The first-order valence-corrected chi connectivity index (χ1v) is 10.8. The van der Waals surface area contributed by atoms with Gasteiger partial charge in [-0.2, -0.15) is 20.5 Å². The maximum atomic E-state index is 12.3. The molecule has 1 N–H and O–H groups in total. The van der Waals surface area contributed by atoms with Gasteiger partial charge >= 0.3 is 6.61 Å². The standard InChI is InChI=1S/C20H26F2N2O2S/c21-20(22)26-17-4-8-24(13-17)7-3-14-12-23-19-2-1-16(11-18(14)19)25-15-5-9-27-10-6-15/h1-2,11-12,15,17,20,23H,3-10,13H2/t17-/m0/s1. The summed E-state index contributed by atoms with van der Waals surface area (Å²) in [5.41, 5.74) is 2.35. The predicted molar refractivity (Wildman–Crippen MR) is 105 cm³/mol. The number of aromatic amines is 1. The van der Waals surface area contributed by atoms with Gasteiger partial charge in [0, 0.05) is 36.7 Å². The number of hydrogen-bond acceptors (Lipinski definition) is 4.